The van der Waals surface area contributed by atoms with Crippen molar-refractivity contribution in [2.24, 2.45) is 0 Å². The third kappa shape index (κ3) is 1.12. The Kier molecular flexibility index (Phi) is 1.86. The molecule has 3 rings (SSSR count). The number of nitrogens with zero attached hydrogens (tertiary/aromatic N) is 2. The van der Waals surface area contributed by atoms with E-state index in [0.29, 0.717) is 12.2 Å². The molecule has 0 aromatic carbocycles. The molecule has 2 aromatic rings. The maximum absolute atomic E-state index is 10.9. The van der Waals surface area contributed by atoms with E-state index in [4.69, 9.17) is 9.63 Å². The van der Waals surface area contributed by atoms with Crippen molar-refractivity contribution in [1.29, 1.82) is 0 Å². The van der Waals surface area contributed by atoms with Gasteiger partial charge < -0.3 is 14.7 Å². The largest absolute Gasteiger partial charge is 0.476 e. The van der Waals surface area contributed by atoms with Gasteiger partial charge in [-0.3, -0.25) is 0 Å². The summed E-state index contributed by atoms with van der Waals surface area (Å²) in [6.45, 7) is 0. The summed E-state index contributed by atoms with van der Waals surface area (Å²) in [5.74, 6) is -0.870. The van der Waals surface area contributed by atoms with E-state index in [0.717, 1.165) is 10.6 Å². The highest BCUT2D eigenvalue weighted by atomic mass is 32.1. The molecule has 16 heavy (non-hydrogen) atoms. The van der Waals surface area contributed by atoms with Gasteiger partial charge in [-0.1, -0.05) is 5.16 Å². The molecule has 0 aliphatic heterocycles. The van der Waals surface area contributed by atoms with Crippen molar-refractivity contribution in [2.45, 2.75) is 12.5 Å². The first-order valence-electron chi connectivity index (χ1n) is 4.52. The molecule has 82 valence electrons. The number of aliphatic hydroxyl groups excluding tert-OH is 1. The van der Waals surface area contributed by atoms with Crippen molar-refractivity contribution in [3.05, 3.63) is 22.5 Å². The molecule has 6 nitrogen and oxygen atoms in total. The highest BCUT2D eigenvalue weighted by molar-refractivity contribution is 7.13. The molecule has 7 heteroatoms. The van der Waals surface area contributed by atoms with Crippen molar-refractivity contribution < 1.29 is 19.5 Å². The number of hydrogen-bond acceptors (Lipinski definition) is 6. The number of aromatic carboxylic acids is 1. The van der Waals surface area contributed by atoms with E-state index < -0.39 is 12.1 Å². The molecule has 0 radical (unpaired) electrons. The van der Waals surface area contributed by atoms with Crippen molar-refractivity contribution >= 4 is 17.3 Å². The molecule has 1 unspecified atom stereocenters. The van der Waals surface area contributed by atoms with Crippen LogP contribution in [0.25, 0.3) is 10.6 Å². The van der Waals surface area contributed by atoms with Crippen LogP contribution >= 0.6 is 11.3 Å². The minimum atomic E-state index is -1.20. The quantitative estimate of drug-likeness (QED) is 0.771. The van der Waals surface area contributed by atoms with Crippen LogP contribution in [0.1, 0.15) is 27.8 Å². The van der Waals surface area contributed by atoms with E-state index in [1.807, 2.05) is 0 Å². The second-order valence-corrected chi connectivity index (χ2v) is 4.28. The number of thiazole rings is 1. The molecule has 1 aliphatic carbocycles. The summed E-state index contributed by atoms with van der Waals surface area (Å²) in [5, 5.41) is 22.2. The molecule has 0 bridgehead atoms. The molecule has 0 amide bonds. The van der Waals surface area contributed by atoms with E-state index in [1.54, 1.807) is 5.51 Å². The van der Waals surface area contributed by atoms with Gasteiger partial charge in [0.15, 0.2) is 11.5 Å². The standard InChI is InChI=1S/C9H6N2O4S/c12-4-1-3-8(16-2-10-3)7-5(4)6(9(13)14)11-15-7/h2,4,12H,1H2,(H,13,14). The summed E-state index contributed by atoms with van der Waals surface area (Å²) in [7, 11) is 0. The minimum Gasteiger partial charge on any atom is -0.476 e. The molecule has 2 aromatic heterocycles. The topological polar surface area (TPSA) is 96.5 Å². The molecular weight excluding hydrogens is 232 g/mol. The van der Waals surface area contributed by atoms with E-state index in [-0.39, 0.29) is 11.3 Å². The average molecular weight is 238 g/mol. The highest BCUT2D eigenvalue weighted by Crippen LogP contribution is 2.41. The fraction of sp³-hybridized carbons (Fsp3) is 0.222. The average Bonchev–Trinajstić information content (AvgIpc) is 2.80. The summed E-state index contributed by atoms with van der Waals surface area (Å²) in [4.78, 5) is 15.7. The Morgan fingerprint density at radius 1 is 1.62 bits per heavy atom. The van der Waals surface area contributed by atoms with Gasteiger partial charge >= 0.3 is 5.97 Å². The van der Waals surface area contributed by atoms with Crippen LogP contribution in [-0.4, -0.2) is 26.3 Å². The first-order valence-corrected chi connectivity index (χ1v) is 5.40. The summed E-state index contributed by atoms with van der Waals surface area (Å²) < 4.78 is 4.98. The van der Waals surface area contributed by atoms with Crippen LogP contribution in [-0.2, 0) is 6.42 Å². The number of hydrogen-bond donors (Lipinski definition) is 2. The smallest absolute Gasteiger partial charge is 0.358 e. The summed E-state index contributed by atoms with van der Waals surface area (Å²) >= 11 is 1.35. The van der Waals surface area contributed by atoms with E-state index >= 15 is 0 Å². The fourth-order valence-corrected chi connectivity index (χ4v) is 2.62. The maximum atomic E-state index is 10.9. The number of carbonyl (C=O) groups is 1. The van der Waals surface area contributed by atoms with Gasteiger partial charge in [-0.2, -0.15) is 0 Å². The number of aliphatic hydroxyl groups is 1. The third-order valence-corrected chi connectivity index (χ3v) is 3.37. The van der Waals surface area contributed by atoms with Gasteiger partial charge in [-0.25, -0.2) is 9.78 Å². The number of rotatable bonds is 1. The Bertz CT molecular complexity index is 574. The van der Waals surface area contributed by atoms with Gasteiger partial charge in [0.1, 0.15) is 0 Å². The van der Waals surface area contributed by atoms with Crippen molar-refractivity contribution in [3.63, 3.8) is 0 Å². The minimum absolute atomic E-state index is 0.221. The Hall–Kier alpha value is -1.73. The van der Waals surface area contributed by atoms with Crippen molar-refractivity contribution in [1.82, 2.24) is 10.1 Å². The fourth-order valence-electron chi connectivity index (χ4n) is 1.81. The van der Waals surface area contributed by atoms with Crippen molar-refractivity contribution in [2.75, 3.05) is 0 Å². The Morgan fingerprint density at radius 3 is 3.19 bits per heavy atom. The zero-order valence-corrected chi connectivity index (χ0v) is 8.69. The van der Waals surface area contributed by atoms with E-state index in [9.17, 15) is 9.90 Å². The number of carboxylic acid groups (broad SMARTS) is 1. The lowest BCUT2D eigenvalue weighted by Gasteiger charge is -2.14. The van der Waals surface area contributed by atoms with Crippen LogP contribution in [0.2, 0.25) is 0 Å². The lowest BCUT2D eigenvalue weighted by atomic mass is 9.95. The molecule has 0 saturated carbocycles. The number of aromatic nitrogens is 2. The van der Waals surface area contributed by atoms with Gasteiger partial charge in [0, 0.05) is 6.42 Å². The van der Waals surface area contributed by atoms with Crippen LogP contribution in [0.15, 0.2) is 10.0 Å². The second-order valence-electron chi connectivity index (χ2n) is 3.43. The van der Waals surface area contributed by atoms with Gasteiger partial charge in [0.2, 0.25) is 0 Å². The van der Waals surface area contributed by atoms with Crippen molar-refractivity contribution in [3.8, 4) is 10.6 Å². The van der Waals surface area contributed by atoms with Crippen LogP contribution < -0.4 is 0 Å². The van der Waals surface area contributed by atoms with Gasteiger partial charge in [-0.15, -0.1) is 11.3 Å². The van der Waals surface area contributed by atoms with Crippen LogP contribution in [0.4, 0.5) is 0 Å². The zero-order chi connectivity index (χ0) is 11.3. The summed E-state index contributed by atoms with van der Waals surface area (Å²) in [5.41, 5.74) is 2.39. The molecule has 1 aliphatic rings. The summed E-state index contributed by atoms with van der Waals surface area (Å²) in [6.07, 6.45) is -0.616. The number of carboxylic acids is 1. The Labute approximate surface area is 93.2 Å². The number of fused-ring (bicyclic) bond motifs is 3. The molecule has 0 saturated heterocycles. The zero-order valence-electron chi connectivity index (χ0n) is 7.88. The summed E-state index contributed by atoms with van der Waals surface area (Å²) in [6, 6.07) is 0. The van der Waals surface area contributed by atoms with Gasteiger partial charge in [0.05, 0.1) is 27.7 Å². The van der Waals surface area contributed by atoms with Crippen LogP contribution in [0.5, 0.6) is 0 Å². The molecule has 0 spiro atoms. The molecule has 1 atom stereocenters. The van der Waals surface area contributed by atoms with Gasteiger partial charge in [0.25, 0.3) is 0 Å². The monoisotopic (exact) mass is 238 g/mol. The lowest BCUT2D eigenvalue weighted by molar-refractivity contribution is 0.0678. The Morgan fingerprint density at radius 2 is 2.44 bits per heavy atom. The molecule has 0 fully saturated rings. The molecule has 2 N–H and O–H groups in total. The predicted octanol–water partition coefficient (Wildman–Crippen LogP) is 1.09. The SMILES string of the molecule is O=C(O)c1noc2c1C(O)Cc1ncsc1-2. The highest BCUT2D eigenvalue weighted by Gasteiger charge is 2.34. The van der Waals surface area contributed by atoms with E-state index in [1.165, 1.54) is 11.3 Å². The molecule has 2 heterocycles. The predicted molar refractivity (Wildman–Crippen MR) is 53.2 cm³/mol. The Balaban J connectivity index is 2.27. The second kappa shape index (κ2) is 3.13. The molecular formula is C9H6N2O4S. The lowest BCUT2D eigenvalue weighted by Crippen LogP contribution is -2.12. The van der Waals surface area contributed by atoms with E-state index in [2.05, 4.69) is 10.1 Å². The maximum Gasteiger partial charge on any atom is 0.358 e. The third-order valence-electron chi connectivity index (χ3n) is 2.50. The van der Waals surface area contributed by atoms with Gasteiger partial charge in [-0.05, 0) is 0 Å². The normalized spacial score (nSPS) is 17.9. The first kappa shape index (κ1) is 9.49. The van der Waals surface area contributed by atoms with Crippen LogP contribution in [0.3, 0.4) is 0 Å². The first-order chi connectivity index (χ1) is 7.68. The van der Waals surface area contributed by atoms with Crippen LogP contribution in [0, 0.1) is 0 Å².